The fourth-order valence-corrected chi connectivity index (χ4v) is 1.88. The van der Waals surface area contributed by atoms with Gasteiger partial charge in [0, 0.05) is 24.2 Å². The SMILES string of the molecule is NCc1cc(F)cnc1-n1ccc(C2CC2)n1. The van der Waals surface area contributed by atoms with E-state index in [0.717, 1.165) is 5.69 Å². The molecule has 0 amide bonds. The molecule has 0 spiro atoms. The van der Waals surface area contributed by atoms with Crippen LogP contribution in [0.15, 0.2) is 24.5 Å². The molecule has 1 aliphatic carbocycles. The van der Waals surface area contributed by atoms with Crippen LogP contribution in [0.1, 0.15) is 30.0 Å². The quantitative estimate of drug-likeness (QED) is 0.877. The molecular weight excluding hydrogens is 219 g/mol. The standard InChI is InChI=1S/C12H13FN4/c13-10-5-9(6-14)12(15-7-10)17-4-3-11(16-17)8-1-2-8/h3-5,7-8H,1-2,6,14H2. The maximum Gasteiger partial charge on any atom is 0.157 e. The zero-order valence-electron chi connectivity index (χ0n) is 9.31. The van der Waals surface area contributed by atoms with E-state index < -0.39 is 0 Å². The highest BCUT2D eigenvalue weighted by atomic mass is 19.1. The molecule has 0 bridgehead atoms. The zero-order valence-corrected chi connectivity index (χ0v) is 9.31. The lowest BCUT2D eigenvalue weighted by molar-refractivity contribution is 0.615. The van der Waals surface area contributed by atoms with Crippen molar-refractivity contribution in [2.75, 3.05) is 0 Å². The molecule has 2 aromatic rings. The monoisotopic (exact) mass is 232 g/mol. The first-order valence-electron chi connectivity index (χ1n) is 5.68. The second-order valence-corrected chi connectivity index (χ2v) is 4.30. The van der Waals surface area contributed by atoms with E-state index in [4.69, 9.17) is 5.73 Å². The van der Waals surface area contributed by atoms with E-state index in [-0.39, 0.29) is 12.4 Å². The average molecular weight is 232 g/mol. The Morgan fingerprint density at radius 3 is 3.00 bits per heavy atom. The minimum atomic E-state index is -0.372. The summed E-state index contributed by atoms with van der Waals surface area (Å²) in [5.41, 5.74) is 7.33. The Morgan fingerprint density at radius 2 is 2.29 bits per heavy atom. The third-order valence-electron chi connectivity index (χ3n) is 2.95. The minimum absolute atomic E-state index is 0.249. The van der Waals surface area contributed by atoms with Gasteiger partial charge in [-0.2, -0.15) is 5.10 Å². The van der Waals surface area contributed by atoms with Gasteiger partial charge in [-0.25, -0.2) is 14.1 Å². The van der Waals surface area contributed by atoms with Crippen molar-refractivity contribution in [3.63, 3.8) is 0 Å². The van der Waals surface area contributed by atoms with Crippen LogP contribution in [-0.4, -0.2) is 14.8 Å². The largest absolute Gasteiger partial charge is 0.326 e. The number of nitrogens with two attached hydrogens (primary N) is 1. The normalized spacial score (nSPS) is 15.2. The summed E-state index contributed by atoms with van der Waals surface area (Å²) in [6.07, 6.45) is 5.45. The fraction of sp³-hybridized carbons (Fsp3) is 0.333. The van der Waals surface area contributed by atoms with Crippen molar-refractivity contribution in [3.8, 4) is 5.82 Å². The van der Waals surface area contributed by atoms with Crippen molar-refractivity contribution in [2.45, 2.75) is 25.3 Å². The highest BCUT2D eigenvalue weighted by molar-refractivity contribution is 5.33. The van der Waals surface area contributed by atoms with Crippen LogP contribution in [0, 0.1) is 5.82 Å². The summed E-state index contributed by atoms with van der Waals surface area (Å²) in [7, 11) is 0. The first-order valence-corrected chi connectivity index (χ1v) is 5.68. The third-order valence-corrected chi connectivity index (χ3v) is 2.95. The lowest BCUT2D eigenvalue weighted by Gasteiger charge is -2.06. The molecule has 0 saturated heterocycles. The number of hydrogen-bond acceptors (Lipinski definition) is 3. The predicted octanol–water partition coefficient (Wildman–Crippen LogP) is 1.74. The van der Waals surface area contributed by atoms with E-state index >= 15 is 0 Å². The van der Waals surface area contributed by atoms with Crippen molar-refractivity contribution < 1.29 is 4.39 Å². The third kappa shape index (κ3) is 1.93. The number of halogens is 1. The van der Waals surface area contributed by atoms with Crippen molar-refractivity contribution >= 4 is 0 Å². The molecule has 1 aliphatic rings. The molecule has 2 N–H and O–H groups in total. The maximum atomic E-state index is 13.0. The van der Waals surface area contributed by atoms with Crippen LogP contribution in [-0.2, 0) is 6.54 Å². The van der Waals surface area contributed by atoms with E-state index in [0.29, 0.717) is 17.3 Å². The molecule has 5 heteroatoms. The van der Waals surface area contributed by atoms with Crippen LogP contribution in [0.5, 0.6) is 0 Å². The Balaban J connectivity index is 2.01. The fourth-order valence-electron chi connectivity index (χ4n) is 1.88. The molecule has 3 rings (SSSR count). The Kier molecular flexibility index (Phi) is 2.40. The van der Waals surface area contributed by atoms with Gasteiger partial charge in [0.1, 0.15) is 5.82 Å². The van der Waals surface area contributed by atoms with Gasteiger partial charge < -0.3 is 5.73 Å². The number of aromatic nitrogens is 3. The van der Waals surface area contributed by atoms with Gasteiger partial charge in [-0.15, -0.1) is 0 Å². The summed E-state index contributed by atoms with van der Waals surface area (Å²) in [5, 5.41) is 4.46. The van der Waals surface area contributed by atoms with Crippen molar-refractivity contribution in [1.82, 2.24) is 14.8 Å². The van der Waals surface area contributed by atoms with Gasteiger partial charge in [-0.3, -0.25) is 0 Å². The van der Waals surface area contributed by atoms with E-state index in [1.165, 1.54) is 25.1 Å². The van der Waals surface area contributed by atoms with Gasteiger partial charge in [0.2, 0.25) is 0 Å². The van der Waals surface area contributed by atoms with Crippen LogP contribution in [0.4, 0.5) is 4.39 Å². The Hall–Kier alpha value is -1.75. The highest BCUT2D eigenvalue weighted by Crippen LogP contribution is 2.39. The number of rotatable bonds is 3. The van der Waals surface area contributed by atoms with Crippen molar-refractivity contribution in [2.24, 2.45) is 5.73 Å². The topological polar surface area (TPSA) is 56.7 Å². The van der Waals surface area contributed by atoms with Crippen LogP contribution in [0.25, 0.3) is 5.82 Å². The van der Waals surface area contributed by atoms with Crippen LogP contribution < -0.4 is 5.73 Å². The maximum absolute atomic E-state index is 13.0. The summed E-state index contributed by atoms with van der Waals surface area (Å²) < 4.78 is 14.7. The Morgan fingerprint density at radius 1 is 1.47 bits per heavy atom. The Bertz CT molecular complexity index is 545. The van der Waals surface area contributed by atoms with Gasteiger partial charge in [0.25, 0.3) is 0 Å². The molecule has 1 fully saturated rings. The lowest BCUT2D eigenvalue weighted by Crippen LogP contribution is -2.08. The molecule has 0 unspecified atom stereocenters. The van der Waals surface area contributed by atoms with Gasteiger partial charge in [0.05, 0.1) is 11.9 Å². The van der Waals surface area contributed by atoms with Crippen molar-refractivity contribution in [1.29, 1.82) is 0 Å². The number of nitrogens with zero attached hydrogens (tertiary/aromatic N) is 3. The first-order chi connectivity index (χ1) is 8.28. The molecule has 17 heavy (non-hydrogen) atoms. The zero-order chi connectivity index (χ0) is 11.8. The Labute approximate surface area is 98.3 Å². The highest BCUT2D eigenvalue weighted by Gasteiger charge is 2.26. The van der Waals surface area contributed by atoms with E-state index in [2.05, 4.69) is 10.1 Å². The summed E-state index contributed by atoms with van der Waals surface area (Å²) in [5.74, 6) is 0.836. The van der Waals surface area contributed by atoms with E-state index in [9.17, 15) is 4.39 Å². The molecular formula is C12H13FN4. The number of hydrogen-bond donors (Lipinski definition) is 1. The molecule has 4 nitrogen and oxygen atoms in total. The average Bonchev–Trinajstić information content (AvgIpc) is 3.08. The summed E-state index contributed by atoms with van der Waals surface area (Å²) in [6.45, 7) is 0.249. The van der Waals surface area contributed by atoms with E-state index in [1.807, 2.05) is 12.3 Å². The molecule has 1 saturated carbocycles. The van der Waals surface area contributed by atoms with Gasteiger partial charge in [-0.05, 0) is 25.0 Å². The second kappa shape index (κ2) is 3.92. The van der Waals surface area contributed by atoms with Crippen LogP contribution in [0.2, 0.25) is 0 Å². The van der Waals surface area contributed by atoms with Crippen molar-refractivity contribution in [3.05, 3.63) is 41.6 Å². The lowest BCUT2D eigenvalue weighted by atomic mass is 10.2. The van der Waals surface area contributed by atoms with Crippen LogP contribution in [0.3, 0.4) is 0 Å². The molecule has 88 valence electrons. The van der Waals surface area contributed by atoms with E-state index in [1.54, 1.807) is 4.68 Å². The van der Waals surface area contributed by atoms with Crippen LogP contribution >= 0.6 is 0 Å². The second-order valence-electron chi connectivity index (χ2n) is 4.30. The smallest absolute Gasteiger partial charge is 0.157 e. The summed E-state index contributed by atoms with van der Waals surface area (Å²) >= 11 is 0. The molecule has 0 atom stereocenters. The first kappa shape index (κ1) is 10.4. The molecule has 0 aliphatic heterocycles. The molecule has 2 aromatic heterocycles. The van der Waals surface area contributed by atoms with Gasteiger partial charge in [0.15, 0.2) is 5.82 Å². The minimum Gasteiger partial charge on any atom is -0.326 e. The summed E-state index contributed by atoms with van der Waals surface area (Å²) in [6, 6.07) is 3.39. The number of pyridine rings is 1. The molecule has 0 radical (unpaired) electrons. The predicted molar refractivity (Wildman–Crippen MR) is 61.2 cm³/mol. The summed E-state index contributed by atoms with van der Waals surface area (Å²) in [4.78, 5) is 4.06. The molecule has 2 heterocycles. The molecule has 0 aromatic carbocycles. The van der Waals surface area contributed by atoms with Gasteiger partial charge in [-0.1, -0.05) is 0 Å². The van der Waals surface area contributed by atoms with Gasteiger partial charge >= 0.3 is 0 Å².